The van der Waals surface area contributed by atoms with Gasteiger partial charge in [0.1, 0.15) is 0 Å². The first kappa shape index (κ1) is 12.9. The van der Waals surface area contributed by atoms with E-state index in [2.05, 4.69) is 0 Å². The summed E-state index contributed by atoms with van der Waals surface area (Å²) in [6.07, 6.45) is 2.15. The quantitative estimate of drug-likeness (QED) is 0.584. The van der Waals surface area contributed by atoms with Crippen LogP contribution in [-0.4, -0.2) is 41.3 Å². The van der Waals surface area contributed by atoms with Crippen molar-refractivity contribution < 1.29 is 19.3 Å². The minimum Gasteiger partial charge on any atom is -0.633 e. The highest BCUT2D eigenvalue weighted by molar-refractivity contribution is 5.89. The highest BCUT2D eigenvalue weighted by atomic mass is 16.5. The number of hydrogen-bond donors (Lipinski definition) is 1. The third-order valence-electron chi connectivity index (χ3n) is 6.61. The summed E-state index contributed by atoms with van der Waals surface area (Å²) in [7, 11) is 1.77. The molecule has 4 aliphatic rings. The number of likely N-dealkylation sites (tertiary alicyclic amines) is 1. The van der Waals surface area contributed by atoms with E-state index in [-0.39, 0.29) is 33.6 Å². The normalized spacial score (nSPS) is 44.5. The van der Waals surface area contributed by atoms with Crippen molar-refractivity contribution in [2.24, 2.45) is 5.92 Å². The molecule has 2 fully saturated rings. The van der Waals surface area contributed by atoms with Crippen molar-refractivity contribution in [3.63, 3.8) is 0 Å². The molecule has 1 saturated heterocycles. The van der Waals surface area contributed by atoms with Gasteiger partial charge in [0, 0.05) is 30.7 Å². The number of phenols is 1. The van der Waals surface area contributed by atoms with E-state index in [0.717, 1.165) is 24.0 Å². The van der Waals surface area contributed by atoms with Crippen molar-refractivity contribution in [1.29, 1.82) is 0 Å². The van der Waals surface area contributed by atoms with Crippen LogP contribution in [0.5, 0.6) is 11.5 Å². The lowest BCUT2D eigenvalue weighted by atomic mass is 9.51. The first-order valence-electron chi connectivity index (χ1n) is 8.06. The van der Waals surface area contributed by atoms with E-state index in [4.69, 9.17) is 4.74 Å². The fourth-order valence-electron chi connectivity index (χ4n) is 5.68. The Morgan fingerprint density at radius 1 is 1.45 bits per heavy atom. The number of aromatic hydroxyl groups is 1. The first-order chi connectivity index (χ1) is 10.4. The molecule has 2 heterocycles. The predicted molar refractivity (Wildman–Crippen MR) is 78.5 cm³/mol. The van der Waals surface area contributed by atoms with Crippen LogP contribution in [0.2, 0.25) is 0 Å². The molecule has 0 aromatic heterocycles. The SMILES string of the molecule is C[N@@+]1([O-])CC[C@]23c4c5ccc(O)c4O[C@H]2C(=O)CC[C@H]3[C@H]1C5. The van der Waals surface area contributed by atoms with Crippen molar-refractivity contribution in [2.45, 2.75) is 43.2 Å². The summed E-state index contributed by atoms with van der Waals surface area (Å²) in [4.78, 5) is 12.5. The summed E-state index contributed by atoms with van der Waals surface area (Å²) in [5, 5.41) is 23.2. The van der Waals surface area contributed by atoms with Gasteiger partial charge in [0.2, 0.25) is 0 Å². The Kier molecular flexibility index (Phi) is 2.15. The number of nitrogens with zero attached hydrogens (tertiary/aromatic N) is 1. The predicted octanol–water partition coefficient (Wildman–Crippen LogP) is 1.64. The Balaban J connectivity index is 1.83. The van der Waals surface area contributed by atoms with E-state index >= 15 is 0 Å². The molecule has 1 saturated carbocycles. The van der Waals surface area contributed by atoms with E-state index in [1.165, 1.54) is 0 Å². The lowest BCUT2D eigenvalue weighted by Crippen LogP contribution is -2.70. The summed E-state index contributed by atoms with van der Waals surface area (Å²) >= 11 is 0. The molecule has 0 amide bonds. The monoisotopic (exact) mass is 301 g/mol. The molecule has 2 aliphatic heterocycles. The van der Waals surface area contributed by atoms with E-state index < -0.39 is 6.10 Å². The van der Waals surface area contributed by atoms with E-state index in [0.29, 0.717) is 25.1 Å². The van der Waals surface area contributed by atoms with Gasteiger partial charge in [-0.1, -0.05) is 6.07 Å². The van der Waals surface area contributed by atoms with Crippen molar-refractivity contribution >= 4 is 5.78 Å². The van der Waals surface area contributed by atoms with Crippen molar-refractivity contribution in [3.8, 4) is 11.5 Å². The van der Waals surface area contributed by atoms with Gasteiger partial charge in [0.05, 0.1) is 25.0 Å². The molecule has 2 aliphatic carbocycles. The van der Waals surface area contributed by atoms with Crippen LogP contribution in [0.4, 0.5) is 0 Å². The number of quaternary nitrogens is 1. The molecular weight excluding hydrogens is 282 g/mol. The summed E-state index contributed by atoms with van der Waals surface area (Å²) < 4.78 is 5.76. The van der Waals surface area contributed by atoms with Gasteiger partial charge >= 0.3 is 0 Å². The van der Waals surface area contributed by atoms with Crippen molar-refractivity contribution in [3.05, 3.63) is 28.5 Å². The molecule has 22 heavy (non-hydrogen) atoms. The molecule has 1 spiro atoms. The molecule has 5 nitrogen and oxygen atoms in total. The number of ketones is 1. The second kappa shape index (κ2) is 3.66. The third kappa shape index (κ3) is 1.23. The van der Waals surface area contributed by atoms with Crippen LogP contribution >= 0.6 is 0 Å². The Morgan fingerprint density at radius 2 is 2.27 bits per heavy atom. The average molecular weight is 301 g/mol. The molecule has 2 bridgehead atoms. The topological polar surface area (TPSA) is 69.6 Å². The van der Waals surface area contributed by atoms with Gasteiger partial charge < -0.3 is 19.7 Å². The molecule has 0 radical (unpaired) electrons. The molecule has 116 valence electrons. The summed E-state index contributed by atoms with van der Waals surface area (Å²) in [6, 6.07) is 3.54. The number of carbonyl (C=O) groups is 1. The number of hydrogen-bond acceptors (Lipinski definition) is 4. The Bertz CT molecular complexity index is 713. The lowest BCUT2D eigenvalue weighted by Gasteiger charge is -2.62. The second-order valence-corrected chi connectivity index (χ2v) is 7.52. The van der Waals surface area contributed by atoms with Crippen LogP contribution in [0.1, 0.15) is 30.4 Å². The molecule has 5 heteroatoms. The number of rotatable bonds is 0. The highest BCUT2D eigenvalue weighted by Crippen LogP contribution is 2.63. The van der Waals surface area contributed by atoms with Crippen molar-refractivity contribution in [2.75, 3.05) is 13.6 Å². The number of phenolic OH excluding ortho intramolecular Hbond substituents is 1. The van der Waals surface area contributed by atoms with Gasteiger partial charge in [-0.3, -0.25) is 4.79 Å². The van der Waals surface area contributed by atoms with E-state index in [1.54, 1.807) is 13.1 Å². The van der Waals surface area contributed by atoms with Gasteiger partial charge in [-0.25, -0.2) is 0 Å². The van der Waals surface area contributed by atoms with Crippen LogP contribution in [0, 0.1) is 11.1 Å². The van der Waals surface area contributed by atoms with Crippen molar-refractivity contribution in [1.82, 2.24) is 0 Å². The molecule has 1 aromatic rings. The van der Waals surface area contributed by atoms with Gasteiger partial charge in [0.15, 0.2) is 23.4 Å². The Labute approximate surface area is 128 Å². The minimum absolute atomic E-state index is 0.00376. The maximum absolute atomic E-state index is 13.0. The fourth-order valence-corrected chi connectivity index (χ4v) is 5.68. The largest absolute Gasteiger partial charge is 0.633 e. The summed E-state index contributed by atoms with van der Waals surface area (Å²) in [5.74, 6) is 0.933. The first-order valence-corrected chi connectivity index (χ1v) is 8.06. The lowest BCUT2D eigenvalue weighted by molar-refractivity contribution is -0.899. The third-order valence-corrected chi connectivity index (χ3v) is 6.61. The number of benzene rings is 1. The van der Waals surface area contributed by atoms with Crippen LogP contribution < -0.4 is 4.74 Å². The maximum Gasteiger partial charge on any atom is 0.174 e. The number of piperidine rings is 1. The average Bonchev–Trinajstić information content (AvgIpc) is 2.84. The molecule has 5 atom stereocenters. The van der Waals surface area contributed by atoms with Crippen LogP contribution in [0.3, 0.4) is 0 Å². The second-order valence-electron chi connectivity index (χ2n) is 7.52. The fraction of sp³-hybridized carbons (Fsp3) is 0.588. The maximum atomic E-state index is 13.0. The zero-order valence-corrected chi connectivity index (χ0v) is 12.5. The van der Waals surface area contributed by atoms with E-state index in [1.807, 2.05) is 6.07 Å². The molecule has 1 aromatic carbocycles. The number of hydroxylamine groups is 3. The Hall–Kier alpha value is -1.59. The number of carbonyl (C=O) groups excluding carboxylic acids is 1. The minimum atomic E-state index is -0.503. The zero-order chi connectivity index (χ0) is 15.3. The zero-order valence-electron chi connectivity index (χ0n) is 12.5. The molecule has 0 unspecified atom stereocenters. The van der Waals surface area contributed by atoms with Crippen LogP contribution in [-0.2, 0) is 16.6 Å². The van der Waals surface area contributed by atoms with Gasteiger partial charge in [-0.15, -0.1) is 0 Å². The van der Waals surface area contributed by atoms with Crippen LogP contribution in [0.25, 0.3) is 0 Å². The summed E-state index contributed by atoms with van der Waals surface area (Å²) in [6.45, 7) is 0.517. The van der Waals surface area contributed by atoms with E-state index in [9.17, 15) is 15.1 Å². The van der Waals surface area contributed by atoms with Crippen LogP contribution in [0.15, 0.2) is 12.1 Å². The molecular formula is C17H19NO4. The standard InChI is InChI=1S/C17H19NO4/c1-18(21)7-6-17-10-3-5-13(20)16(17)22-15-12(19)4-2-9(14(15)17)8-11(10)18/h2,4,10-11,16,19H,3,5-8H2,1H3/t10-,11+,16-,17-,18+/m0/s1. The van der Waals surface area contributed by atoms with Gasteiger partial charge in [-0.05, 0) is 18.1 Å². The Morgan fingerprint density at radius 3 is 3.09 bits per heavy atom. The highest BCUT2D eigenvalue weighted by Gasteiger charge is 2.68. The smallest absolute Gasteiger partial charge is 0.174 e. The molecule has 1 N–H and O–H groups in total. The number of Topliss-reactive ketones (excluding diaryl/α,β-unsaturated/α-hetero) is 1. The molecule has 5 rings (SSSR count). The number of ether oxygens (including phenoxy) is 1. The van der Waals surface area contributed by atoms with Gasteiger partial charge in [-0.2, -0.15) is 0 Å². The number of likely N-dealkylation sites (N-methyl/N-ethyl adjacent to an activating group) is 1. The summed E-state index contributed by atoms with van der Waals surface area (Å²) in [5.41, 5.74) is 1.75. The van der Waals surface area contributed by atoms with Gasteiger partial charge in [0.25, 0.3) is 0 Å².